The lowest BCUT2D eigenvalue weighted by atomic mass is 10.1. The summed E-state index contributed by atoms with van der Waals surface area (Å²) in [7, 11) is 0. The van der Waals surface area contributed by atoms with Crippen LogP contribution in [0.25, 0.3) is 0 Å². The third-order valence-corrected chi connectivity index (χ3v) is 3.59. The predicted octanol–water partition coefficient (Wildman–Crippen LogP) is 3.72. The Morgan fingerprint density at radius 2 is 1.91 bits per heavy atom. The second-order valence-electron chi connectivity index (χ2n) is 5.46. The van der Waals surface area contributed by atoms with Gasteiger partial charge in [-0.3, -0.25) is 4.79 Å². The zero-order valence-corrected chi connectivity index (χ0v) is 15.2. The summed E-state index contributed by atoms with van der Waals surface area (Å²) < 4.78 is 11.1. The van der Waals surface area contributed by atoms with Crippen LogP contribution in [0.15, 0.2) is 24.3 Å². The van der Waals surface area contributed by atoms with Gasteiger partial charge in [-0.05, 0) is 51.8 Å². The molecule has 0 saturated carbocycles. The van der Waals surface area contributed by atoms with Crippen molar-refractivity contribution in [3.05, 3.63) is 41.3 Å². The van der Waals surface area contributed by atoms with Gasteiger partial charge in [0.05, 0.1) is 13.0 Å². The molecule has 0 unspecified atom stereocenters. The van der Waals surface area contributed by atoms with E-state index in [1.165, 1.54) is 0 Å². The van der Waals surface area contributed by atoms with Crippen LogP contribution in [0.2, 0.25) is 5.02 Å². The van der Waals surface area contributed by atoms with E-state index in [-0.39, 0.29) is 11.9 Å². The lowest BCUT2D eigenvalue weighted by Gasteiger charge is -2.30. The van der Waals surface area contributed by atoms with E-state index in [2.05, 4.69) is 0 Å². The number of nitrogens with zero attached hydrogens (tertiary/aromatic N) is 1. The summed E-state index contributed by atoms with van der Waals surface area (Å²) in [6.07, 6.45) is 1.84. The van der Waals surface area contributed by atoms with Gasteiger partial charge < -0.3 is 14.4 Å². The van der Waals surface area contributed by atoms with E-state index in [0.717, 1.165) is 5.56 Å². The fraction of sp³-hybridized carbons (Fsp3) is 0.556. The summed E-state index contributed by atoms with van der Waals surface area (Å²) in [6.45, 7) is 9.33. The minimum Gasteiger partial charge on any atom is -0.351 e. The molecule has 0 heterocycles. The van der Waals surface area contributed by atoms with Crippen molar-refractivity contribution in [2.24, 2.45) is 0 Å². The van der Waals surface area contributed by atoms with Crippen LogP contribution in [0.3, 0.4) is 0 Å². The summed E-state index contributed by atoms with van der Waals surface area (Å²) in [6, 6.07) is 7.60. The van der Waals surface area contributed by atoms with E-state index >= 15 is 0 Å². The number of ether oxygens (including phenoxy) is 2. The van der Waals surface area contributed by atoms with Gasteiger partial charge in [0.25, 0.3) is 0 Å². The number of carbonyl (C=O) groups is 1. The van der Waals surface area contributed by atoms with Crippen molar-refractivity contribution >= 4 is 17.5 Å². The fourth-order valence-corrected chi connectivity index (χ4v) is 2.44. The number of amides is 1. The second-order valence-corrected chi connectivity index (χ2v) is 5.90. The number of rotatable bonds is 10. The van der Waals surface area contributed by atoms with Gasteiger partial charge in [-0.15, -0.1) is 0 Å². The van der Waals surface area contributed by atoms with E-state index in [4.69, 9.17) is 21.1 Å². The highest BCUT2D eigenvalue weighted by atomic mass is 35.5. The molecular weight excluding hydrogens is 314 g/mol. The first-order chi connectivity index (χ1) is 11.0. The van der Waals surface area contributed by atoms with Crippen molar-refractivity contribution in [3.63, 3.8) is 0 Å². The molecule has 1 aromatic carbocycles. The second kappa shape index (κ2) is 10.6. The molecule has 0 aliphatic carbocycles. The van der Waals surface area contributed by atoms with Crippen LogP contribution in [0.4, 0.5) is 0 Å². The number of hydrogen-bond donors (Lipinski definition) is 0. The molecule has 129 valence electrons. The van der Waals surface area contributed by atoms with Crippen molar-refractivity contribution < 1.29 is 14.3 Å². The van der Waals surface area contributed by atoms with Gasteiger partial charge >= 0.3 is 0 Å². The zero-order chi connectivity index (χ0) is 17.2. The Morgan fingerprint density at radius 1 is 1.26 bits per heavy atom. The SMILES string of the molecule is CCOC(CN(C(=O)[CH]Cc1cccc(Cl)c1)C(C)C)OCC. The highest BCUT2D eigenvalue weighted by molar-refractivity contribution is 6.30. The van der Waals surface area contributed by atoms with E-state index < -0.39 is 6.29 Å². The molecule has 0 saturated heterocycles. The quantitative estimate of drug-likeness (QED) is 0.609. The number of hydrogen-bond acceptors (Lipinski definition) is 3. The summed E-state index contributed by atoms with van der Waals surface area (Å²) in [5.74, 6) is -0.0237. The molecule has 1 aromatic rings. The lowest BCUT2D eigenvalue weighted by molar-refractivity contribution is -0.159. The van der Waals surface area contributed by atoms with Crippen LogP contribution in [-0.4, -0.2) is 42.9 Å². The van der Waals surface area contributed by atoms with Gasteiger partial charge in [-0.1, -0.05) is 23.7 Å². The topological polar surface area (TPSA) is 38.8 Å². The molecule has 0 bridgehead atoms. The Bertz CT molecular complexity index is 473. The summed E-state index contributed by atoms with van der Waals surface area (Å²) in [5, 5.41) is 0.678. The standard InChI is InChI=1S/C18H27ClNO3/c1-5-22-18(23-6-2)13-20(14(3)4)17(21)11-10-15-8-7-9-16(19)12-15/h7-9,11-12,14,18H,5-6,10,13H2,1-4H3. The van der Waals surface area contributed by atoms with Crippen LogP contribution in [0, 0.1) is 6.42 Å². The molecule has 5 heteroatoms. The molecule has 23 heavy (non-hydrogen) atoms. The highest BCUT2D eigenvalue weighted by Gasteiger charge is 2.22. The van der Waals surface area contributed by atoms with Crippen LogP contribution in [0.5, 0.6) is 0 Å². The van der Waals surface area contributed by atoms with E-state index in [1.807, 2.05) is 52.0 Å². The minimum atomic E-state index is -0.393. The summed E-state index contributed by atoms with van der Waals surface area (Å²) in [5.41, 5.74) is 1.01. The first-order valence-electron chi connectivity index (χ1n) is 8.09. The van der Waals surface area contributed by atoms with E-state index in [0.29, 0.717) is 31.2 Å². The Kier molecular flexibility index (Phi) is 9.22. The minimum absolute atomic E-state index is 0.0237. The molecule has 4 nitrogen and oxygen atoms in total. The molecule has 1 amide bonds. The van der Waals surface area contributed by atoms with Crippen molar-refractivity contribution in [1.82, 2.24) is 4.90 Å². The molecule has 0 atom stereocenters. The number of carbonyl (C=O) groups excluding carboxylic acids is 1. The molecule has 0 aromatic heterocycles. The van der Waals surface area contributed by atoms with Crippen LogP contribution in [0.1, 0.15) is 33.3 Å². The third kappa shape index (κ3) is 7.34. The molecule has 0 aliphatic heterocycles. The smallest absolute Gasteiger partial charge is 0.227 e. The molecule has 1 radical (unpaired) electrons. The lowest BCUT2D eigenvalue weighted by Crippen LogP contribution is -2.44. The monoisotopic (exact) mass is 340 g/mol. The molecule has 0 aliphatic rings. The maximum Gasteiger partial charge on any atom is 0.227 e. The van der Waals surface area contributed by atoms with Crippen molar-refractivity contribution in [2.75, 3.05) is 19.8 Å². The van der Waals surface area contributed by atoms with Gasteiger partial charge in [0.1, 0.15) is 0 Å². The van der Waals surface area contributed by atoms with Crippen LogP contribution in [-0.2, 0) is 20.7 Å². The molecule has 0 N–H and O–H groups in total. The Hall–Kier alpha value is -1.10. The normalized spacial score (nSPS) is 11.3. The van der Waals surface area contributed by atoms with Gasteiger partial charge in [0.15, 0.2) is 6.29 Å². The molecule has 1 rings (SSSR count). The van der Waals surface area contributed by atoms with E-state index in [1.54, 1.807) is 11.3 Å². The Balaban J connectivity index is 2.63. The van der Waals surface area contributed by atoms with Crippen LogP contribution < -0.4 is 0 Å². The van der Waals surface area contributed by atoms with Gasteiger partial charge in [-0.25, -0.2) is 0 Å². The Morgan fingerprint density at radius 3 is 2.43 bits per heavy atom. The molecule has 0 fully saturated rings. The van der Waals surface area contributed by atoms with Crippen molar-refractivity contribution in [2.45, 2.75) is 46.4 Å². The maximum atomic E-state index is 12.5. The average Bonchev–Trinajstić information content (AvgIpc) is 2.50. The van der Waals surface area contributed by atoms with Crippen molar-refractivity contribution in [3.8, 4) is 0 Å². The zero-order valence-electron chi connectivity index (χ0n) is 14.4. The average molecular weight is 341 g/mol. The maximum absolute atomic E-state index is 12.5. The van der Waals surface area contributed by atoms with Gasteiger partial charge in [0.2, 0.25) is 5.91 Å². The van der Waals surface area contributed by atoms with Crippen molar-refractivity contribution in [1.29, 1.82) is 0 Å². The fourth-order valence-electron chi connectivity index (χ4n) is 2.23. The Labute approximate surface area is 144 Å². The van der Waals surface area contributed by atoms with Gasteiger partial charge in [-0.2, -0.15) is 0 Å². The highest BCUT2D eigenvalue weighted by Crippen LogP contribution is 2.13. The number of benzene rings is 1. The summed E-state index contributed by atoms with van der Waals surface area (Å²) >= 11 is 5.97. The largest absolute Gasteiger partial charge is 0.351 e. The first-order valence-corrected chi connectivity index (χ1v) is 8.47. The van der Waals surface area contributed by atoms with E-state index in [9.17, 15) is 4.79 Å². The molecule has 0 spiro atoms. The third-order valence-electron chi connectivity index (χ3n) is 3.36. The predicted molar refractivity (Wildman–Crippen MR) is 93.3 cm³/mol. The molecular formula is C18H27ClNO3. The number of halogens is 1. The van der Waals surface area contributed by atoms with Gasteiger partial charge in [0, 0.05) is 24.3 Å². The summed E-state index contributed by atoms with van der Waals surface area (Å²) in [4.78, 5) is 14.3. The van der Waals surface area contributed by atoms with Crippen LogP contribution >= 0.6 is 11.6 Å². The first kappa shape index (κ1) is 19.9.